The van der Waals surface area contributed by atoms with Crippen LogP contribution in [0.25, 0.3) is 0 Å². The third kappa shape index (κ3) is 2.61. The molecule has 1 unspecified atom stereocenters. The van der Waals surface area contributed by atoms with E-state index in [0.29, 0.717) is 17.8 Å². The number of carbonyl (C=O) groups is 2. The van der Waals surface area contributed by atoms with Crippen LogP contribution in [-0.4, -0.2) is 34.7 Å². The highest BCUT2D eigenvalue weighted by atomic mass is 16.4. The van der Waals surface area contributed by atoms with Crippen LogP contribution in [0.3, 0.4) is 0 Å². The Hall–Kier alpha value is -1.88. The number of hydrogen-bond donors (Lipinski definition) is 2. The van der Waals surface area contributed by atoms with Gasteiger partial charge in [-0.25, -0.2) is 0 Å². The number of aliphatic hydroxyl groups is 1. The summed E-state index contributed by atoms with van der Waals surface area (Å²) in [5.41, 5.74) is 0.892. The highest BCUT2D eigenvalue weighted by Gasteiger charge is 2.45. The van der Waals surface area contributed by atoms with Crippen LogP contribution in [0.5, 0.6) is 0 Å². The van der Waals surface area contributed by atoms with E-state index in [1.807, 2.05) is 13.8 Å². The smallest absolute Gasteiger partial charge is 0.307 e. The van der Waals surface area contributed by atoms with Crippen molar-refractivity contribution in [2.45, 2.75) is 26.4 Å². The number of aliphatic carboxylic acids is 1. The van der Waals surface area contributed by atoms with E-state index < -0.39 is 17.5 Å². The largest absolute Gasteiger partial charge is 0.481 e. The number of carboxylic acids is 1. The molecule has 0 aliphatic carbocycles. The fourth-order valence-corrected chi connectivity index (χ4v) is 2.24. The van der Waals surface area contributed by atoms with Crippen LogP contribution in [0.15, 0.2) is 24.3 Å². The lowest BCUT2D eigenvalue weighted by molar-refractivity contribution is -0.136. The molecule has 1 heterocycles. The zero-order valence-corrected chi connectivity index (χ0v) is 11.0. The van der Waals surface area contributed by atoms with Gasteiger partial charge in [0.2, 0.25) is 0 Å². The summed E-state index contributed by atoms with van der Waals surface area (Å²) in [7, 11) is 0. The van der Waals surface area contributed by atoms with Crippen molar-refractivity contribution in [2.75, 3.05) is 11.4 Å². The van der Waals surface area contributed by atoms with Gasteiger partial charge in [-0.15, -0.1) is 0 Å². The second kappa shape index (κ2) is 4.66. The molecular formula is C14H17NO4. The summed E-state index contributed by atoms with van der Waals surface area (Å²) in [5.74, 6) is -1.20. The van der Waals surface area contributed by atoms with Crippen molar-refractivity contribution in [3.63, 3.8) is 0 Å². The van der Waals surface area contributed by atoms with Gasteiger partial charge in [0.25, 0.3) is 5.91 Å². The number of carboxylic acid groups (broad SMARTS) is 1. The highest BCUT2D eigenvalue weighted by Crippen LogP contribution is 2.33. The van der Waals surface area contributed by atoms with Gasteiger partial charge >= 0.3 is 5.97 Å². The number of anilines is 1. The molecule has 102 valence electrons. The molecule has 1 aliphatic rings. The molecule has 0 spiro atoms. The molecule has 5 nitrogen and oxygen atoms in total. The Balaban J connectivity index is 2.19. The minimum Gasteiger partial charge on any atom is -0.481 e. The van der Waals surface area contributed by atoms with Gasteiger partial charge in [0.1, 0.15) is 6.10 Å². The first-order valence-electron chi connectivity index (χ1n) is 6.11. The Labute approximate surface area is 111 Å². The summed E-state index contributed by atoms with van der Waals surface area (Å²) >= 11 is 0. The molecule has 0 saturated carbocycles. The third-order valence-electron chi connectivity index (χ3n) is 3.41. The van der Waals surface area contributed by atoms with Crippen LogP contribution < -0.4 is 4.90 Å². The molecule has 0 bridgehead atoms. The van der Waals surface area contributed by atoms with Gasteiger partial charge in [-0.1, -0.05) is 26.0 Å². The van der Waals surface area contributed by atoms with Crippen molar-refractivity contribution >= 4 is 17.6 Å². The fourth-order valence-electron chi connectivity index (χ4n) is 2.24. The molecule has 1 amide bonds. The summed E-state index contributed by atoms with van der Waals surface area (Å²) in [5, 5.41) is 18.6. The van der Waals surface area contributed by atoms with Crippen molar-refractivity contribution in [2.24, 2.45) is 5.41 Å². The molecule has 1 fully saturated rings. The summed E-state index contributed by atoms with van der Waals surface area (Å²) in [6, 6.07) is 6.80. The van der Waals surface area contributed by atoms with E-state index in [4.69, 9.17) is 5.11 Å². The molecule has 5 heteroatoms. The molecule has 1 aromatic rings. The van der Waals surface area contributed by atoms with Gasteiger partial charge in [-0.3, -0.25) is 9.59 Å². The van der Waals surface area contributed by atoms with Crippen LogP contribution in [0.1, 0.15) is 19.4 Å². The standard InChI is InChI=1S/C14H17NO4/c1-14(2)8-15(13(19)12(14)18)10-5-3-9(4-6-10)7-11(16)17/h3-6,12,18H,7-8H2,1-2H3,(H,16,17). The van der Waals surface area contributed by atoms with Gasteiger partial charge in [0.15, 0.2) is 0 Å². The Morgan fingerprint density at radius 1 is 1.37 bits per heavy atom. The lowest BCUT2D eigenvalue weighted by Gasteiger charge is -2.20. The number of aliphatic hydroxyl groups excluding tert-OH is 1. The van der Waals surface area contributed by atoms with Gasteiger partial charge in [-0.2, -0.15) is 0 Å². The van der Waals surface area contributed by atoms with Crippen molar-refractivity contribution in [3.8, 4) is 0 Å². The Bertz CT molecular complexity index is 507. The third-order valence-corrected chi connectivity index (χ3v) is 3.41. The average molecular weight is 263 g/mol. The van der Waals surface area contributed by atoms with E-state index in [1.165, 1.54) is 4.90 Å². The van der Waals surface area contributed by atoms with Crippen LogP contribution >= 0.6 is 0 Å². The van der Waals surface area contributed by atoms with Gasteiger partial charge in [0.05, 0.1) is 6.42 Å². The maximum absolute atomic E-state index is 12.0. The monoisotopic (exact) mass is 263 g/mol. The Morgan fingerprint density at radius 3 is 2.37 bits per heavy atom. The second-order valence-electron chi connectivity index (χ2n) is 5.55. The van der Waals surface area contributed by atoms with E-state index in [-0.39, 0.29) is 12.3 Å². The van der Waals surface area contributed by atoms with Crippen LogP contribution in [-0.2, 0) is 16.0 Å². The SMILES string of the molecule is CC1(C)CN(c2ccc(CC(=O)O)cc2)C(=O)C1O. The summed E-state index contributed by atoms with van der Waals surface area (Å²) in [6.45, 7) is 4.13. The van der Waals surface area contributed by atoms with Gasteiger partial charge in [0, 0.05) is 17.6 Å². The molecule has 1 saturated heterocycles. The molecule has 19 heavy (non-hydrogen) atoms. The van der Waals surface area contributed by atoms with Crippen LogP contribution in [0.4, 0.5) is 5.69 Å². The summed E-state index contributed by atoms with van der Waals surface area (Å²) in [6.07, 6.45) is -1.03. The van der Waals surface area contributed by atoms with Crippen molar-refractivity contribution in [3.05, 3.63) is 29.8 Å². The van der Waals surface area contributed by atoms with Gasteiger partial charge < -0.3 is 15.1 Å². The number of hydrogen-bond acceptors (Lipinski definition) is 3. The minimum atomic E-state index is -0.994. The zero-order valence-electron chi connectivity index (χ0n) is 11.0. The maximum Gasteiger partial charge on any atom is 0.307 e. The lowest BCUT2D eigenvalue weighted by atomic mass is 9.90. The first kappa shape index (κ1) is 13.5. The van der Waals surface area contributed by atoms with Crippen molar-refractivity contribution < 1.29 is 19.8 Å². The number of amides is 1. The van der Waals surface area contributed by atoms with E-state index in [0.717, 1.165) is 0 Å². The van der Waals surface area contributed by atoms with Crippen molar-refractivity contribution in [1.29, 1.82) is 0 Å². The number of nitrogens with zero attached hydrogens (tertiary/aromatic N) is 1. The lowest BCUT2D eigenvalue weighted by Crippen LogP contribution is -2.30. The molecule has 1 aromatic carbocycles. The second-order valence-corrected chi connectivity index (χ2v) is 5.55. The molecule has 1 atom stereocenters. The van der Waals surface area contributed by atoms with Crippen molar-refractivity contribution in [1.82, 2.24) is 0 Å². The number of carbonyl (C=O) groups excluding carboxylic acids is 1. The molecular weight excluding hydrogens is 246 g/mol. The quantitative estimate of drug-likeness (QED) is 0.854. The zero-order chi connectivity index (χ0) is 14.2. The van der Waals surface area contributed by atoms with E-state index >= 15 is 0 Å². The first-order chi connectivity index (χ1) is 8.81. The topological polar surface area (TPSA) is 77.8 Å². The van der Waals surface area contributed by atoms with E-state index in [9.17, 15) is 14.7 Å². The van der Waals surface area contributed by atoms with E-state index in [1.54, 1.807) is 24.3 Å². The Morgan fingerprint density at radius 2 is 1.95 bits per heavy atom. The normalized spacial score (nSPS) is 21.7. The predicted octanol–water partition coefficient (Wildman–Crippen LogP) is 1.05. The van der Waals surface area contributed by atoms with Gasteiger partial charge in [-0.05, 0) is 17.7 Å². The first-order valence-corrected chi connectivity index (χ1v) is 6.11. The number of benzene rings is 1. The molecule has 2 rings (SSSR count). The van der Waals surface area contributed by atoms with Crippen LogP contribution in [0, 0.1) is 5.41 Å². The van der Waals surface area contributed by atoms with E-state index in [2.05, 4.69) is 0 Å². The molecule has 1 aliphatic heterocycles. The molecule has 2 N–H and O–H groups in total. The fraction of sp³-hybridized carbons (Fsp3) is 0.429. The Kier molecular flexibility index (Phi) is 3.32. The maximum atomic E-state index is 12.0. The number of rotatable bonds is 3. The summed E-state index contributed by atoms with van der Waals surface area (Å²) in [4.78, 5) is 24.1. The predicted molar refractivity (Wildman–Crippen MR) is 69.9 cm³/mol. The summed E-state index contributed by atoms with van der Waals surface area (Å²) < 4.78 is 0. The highest BCUT2D eigenvalue weighted by molar-refractivity contribution is 5.99. The van der Waals surface area contributed by atoms with Crippen LogP contribution in [0.2, 0.25) is 0 Å². The molecule has 0 radical (unpaired) electrons. The molecule has 0 aromatic heterocycles. The minimum absolute atomic E-state index is 0.0393. The average Bonchev–Trinajstić information content (AvgIpc) is 2.53.